The summed E-state index contributed by atoms with van der Waals surface area (Å²) in [6.45, 7) is 11.4. The van der Waals surface area contributed by atoms with Crippen LogP contribution in [0.3, 0.4) is 0 Å². The summed E-state index contributed by atoms with van der Waals surface area (Å²) in [6.07, 6.45) is 1.17. The molecule has 0 aliphatic carbocycles. The number of hydrogen-bond donors (Lipinski definition) is 1. The molecule has 0 bridgehead atoms. The highest BCUT2D eigenvalue weighted by molar-refractivity contribution is 14.0. The summed E-state index contributed by atoms with van der Waals surface area (Å²) in [4.78, 5) is 9.73. The minimum atomic E-state index is 0. The molecule has 6 nitrogen and oxygen atoms in total. The number of halogens is 1. The Hall–Kier alpha value is -0.900. The van der Waals surface area contributed by atoms with E-state index < -0.39 is 0 Å². The van der Waals surface area contributed by atoms with Crippen LogP contribution in [0.4, 0.5) is 0 Å². The van der Waals surface area contributed by atoms with Gasteiger partial charge >= 0.3 is 0 Å². The quantitative estimate of drug-likeness (QED) is 0.353. The molecule has 3 rings (SSSR count). The van der Waals surface area contributed by atoms with Gasteiger partial charge in [0.05, 0.1) is 26.4 Å². The number of likely N-dealkylation sites (tertiary alicyclic amines) is 1. The van der Waals surface area contributed by atoms with Gasteiger partial charge in [0.25, 0.3) is 0 Å². The van der Waals surface area contributed by atoms with E-state index in [1.807, 2.05) is 0 Å². The molecular formula is C21H35IN4O2. The van der Waals surface area contributed by atoms with Crippen LogP contribution in [-0.2, 0) is 22.6 Å². The number of rotatable bonds is 7. The molecule has 1 atom stereocenters. The van der Waals surface area contributed by atoms with Gasteiger partial charge in [0.1, 0.15) is 0 Å². The van der Waals surface area contributed by atoms with Gasteiger partial charge in [-0.3, -0.25) is 4.90 Å². The molecule has 1 aromatic carbocycles. The lowest BCUT2D eigenvalue weighted by Crippen LogP contribution is -2.40. The topological polar surface area (TPSA) is 49.3 Å². The van der Waals surface area contributed by atoms with E-state index in [1.54, 1.807) is 7.11 Å². The highest BCUT2D eigenvalue weighted by atomic mass is 127. The lowest BCUT2D eigenvalue weighted by molar-refractivity contribution is 0.0342. The number of benzene rings is 1. The van der Waals surface area contributed by atoms with Crippen LogP contribution in [0, 0.1) is 5.92 Å². The zero-order valence-electron chi connectivity index (χ0n) is 17.2. The number of ether oxygens (including phenoxy) is 2. The smallest absolute Gasteiger partial charge is 0.194 e. The van der Waals surface area contributed by atoms with Gasteiger partial charge in [-0.2, -0.15) is 0 Å². The van der Waals surface area contributed by atoms with E-state index in [0.29, 0.717) is 12.5 Å². The van der Waals surface area contributed by atoms with E-state index in [-0.39, 0.29) is 24.0 Å². The highest BCUT2D eigenvalue weighted by Gasteiger charge is 2.24. The minimum absolute atomic E-state index is 0. The Bertz CT molecular complexity index is 608. The van der Waals surface area contributed by atoms with Crippen molar-refractivity contribution in [1.82, 2.24) is 15.1 Å². The first-order chi connectivity index (χ1) is 13.3. The van der Waals surface area contributed by atoms with Crippen molar-refractivity contribution in [2.24, 2.45) is 10.9 Å². The maximum Gasteiger partial charge on any atom is 0.194 e. The lowest BCUT2D eigenvalue weighted by atomic mass is 10.1. The molecule has 158 valence electrons. The Morgan fingerprint density at radius 1 is 1.25 bits per heavy atom. The molecule has 0 spiro atoms. The van der Waals surface area contributed by atoms with Crippen molar-refractivity contribution in [2.75, 3.05) is 59.7 Å². The summed E-state index contributed by atoms with van der Waals surface area (Å²) in [5, 5.41) is 3.45. The van der Waals surface area contributed by atoms with Crippen LogP contribution in [0.15, 0.2) is 29.3 Å². The van der Waals surface area contributed by atoms with Gasteiger partial charge < -0.3 is 19.7 Å². The fourth-order valence-electron chi connectivity index (χ4n) is 3.83. The second-order valence-corrected chi connectivity index (χ2v) is 7.43. The molecule has 1 aromatic rings. The molecule has 0 amide bonds. The second-order valence-electron chi connectivity index (χ2n) is 7.43. The van der Waals surface area contributed by atoms with Crippen LogP contribution in [0.2, 0.25) is 0 Å². The number of guanidine groups is 1. The van der Waals surface area contributed by atoms with Gasteiger partial charge in [-0.15, -0.1) is 24.0 Å². The van der Waals surface area contributed by atoms with Gasteiger partial charge in [0, 0.05) is 52.3 Å². The monoisotopic (exact) mass is 502 g/mol. The molecule has 2 heterocycles. The van der Waals surface area contributed by atoms with E-state index >= 15 is 0 Å². The second kappa shape index (κ2) is 12.6. The Balaban J connectivity index is 0.00000280. The fraction of sp³-hybridized carbons (Fsp3) is 0.667. The van der Waals surface area contributed by atoms with Crippen molar-refractivity contribution < 1.29 is 9.47 Å². The number of morpholine rings is 1. The third kappa shape index (κ3) is 7.17. The van der Waals surface area contributed by atoms with Crippen LogP contribution in [0.25, 0.3) is 0 Å². The molecule has 2 aliphatic rings. The zero-order chi connectivity index (χ0) is 18.9. The summed E-state index contributed by atoms with van der Waals surface area (Å²) in [7, 11) is 1.78. The summed E-state index contributed by atoms with van der Waals surface area (Å²) in [5.74, 6) is 1.63. The molecule has 7 heteroatoms. The van der Waals surface area contributed by atoms with E-state index in [2.05, 4.69) is 46.3 Å². The van der Waals surface area contributed by atoms with Gasteiger partial charge in [-0.25, -0.2) is 4.99 Å². The maximum absolute atomic E-state index is 5.44. The first-order valence-corrected chi connectivity index (χ1v) is 10.2. The summed E-state index contributed by atoms with van der Waals surface area (Å²) in [5.41, 5.74) is 2.62. The van der Waals surface area contributed by atoms with Crippen LogP contribution in [0.5, 0.6) is 0 Å². The summed E-state index contributed by atoms with van der Waals surface area (Å²) in [6, 6.07) is 8.83. The highest BCUT2D eigenvalue weighted by Crippen LogP contribution is 2.17. The molecule has 0 aromatic heterocycles. The van der Waals surface area contributed by atoms with Crippen molar-refractivity contribution in [2.45, 2.75) is 26.4 Å². The van der Waals surface area contributed by atoms with Gasteiger partial charge in [0.2, 0.25) is 0 Å². The number of methoxy groups -OCH3 is 1. The van der Waals surface area contributed by atoms with Crippen LogP contribution in [-0.4, -0.2) is 75.4 Å². The summed E-state index contributed by atoms with van der Waals surface area (Å²) < 4.78 is 10.8. The molecule has 0 saturated carbocycles. The third-order valence-electron chi connectivity index (χ3n) is 5.24. The summed E-state index contributed by atoms with van der Waals surface area (Å²) >= 11 is 0. The van der Waals surface area contributed by atoms with E-state index in [9.17, 15) is 0 Å². The predicted molar refractivity (Wildman–Crippen MR) is 124 cm³/mol. The average molecular weight is 502 g/mol. The van der Waals surface area contributed by atoms with Crippen molar-refractivity contribution in [3.8, 4) is 0 Å². The maximum atomic E-state index is 5.44. The van der Waals surface area contributed by atoms with Crippen molar-refractivity contribution >= 4 is 29.9 Å². The van der Waals surface area contributed by atoms with Gasteiger partial charge in [-0.1, -0.05) is 24.3 Å². The number of aliphatic imine (C=N–C) groups is 1. The van der Waals surface area contributed by atoms with Crippen molar-refractivity contribution in [3.63, 3.8) is 0 Å². The Labute approximate surface area is 186 Å². The molecular weight excluding hydrogens is 467 g/mol. The number of nitrogens with one attached hydrogen (secondary N) is 1. The zero-order valence-corrected chi connectivity index (χ0v) is 19.6. The van der Waals surface area contributed by atoms with Gasteiger partial charge in [0.15, 0.2) is 5.96 Å². The van der Waals surface area contributed by atoms with E-state index in [4.69, 9.17) is 14.5 Å². The molecule has 2 fully saturated rings. The first-order valence-electron chi connectivity index (χ1n) is 10.2. The Morgan fingerprint density at radius 3 is 2.79 bits per heavy atom. The van der Waals surface area contributed by atoms with Crippen LogP contribution >= 0.6 is 24.0 Å². The lowest BCUT2D eigenvalue weighted by Gasteiger charge is -2.26. The predicted octanol–water partition coefficient (Wildman–Crippen LogP) is 2.57. The first kappa shape index (κ1) is 23.4. The van der Waals surface area contributed by atoms with E-state index in [0.717, 1.165) is 65.0 Å². The third-order valence-corrected chi connectivity index (χ3v) is 5.24. The van der Waals surface area contributed by atoms with Crippen LogP contribution < -0.4 is 5.32 Å². The molecule has 2 saturated heterocycles. The molecule has 1 unspecified atom stereocenters. The molecule has 0 radical (unpaired) electrons. The van der Waals surface area contributed by atoms with E-state index in [1.165, 1.54) is 17.5 Å². The fourth-order valence-corrected chi connectivity index (χ4v) is 3.83. The molecule has 28 heavy (non-hydrogen) atoms. The van der Waals surface area contributed by atoms with Gasteiger partial charge in [-0.05, 0) is 24.5 Å². The normalized spacial score (nSPS) is 20.9. The Morgan fingerprint density at radius 2 is 2.04 bits per heavy atom. The standard InChI is InChI=1S/C21H34N4O2.HI/c1-3-22-21(25-8-7-20(16-25)17-26-2)23-14-18-5-4-6-19(13-18)15-24-9-11-27-12-10-24;/h4-6,13,20H,3,7-12,14-17H2,1-2H3,(H,22,23);1H. The van der Waals surface area contributed by atoms with Crippen LogP contribution in [0.1, 0.15) is 24.5 Å². The SMILES string of the molecule is CCNC(=NCc1cccc(CN2CCOCC2)c1)N1CCC(COC)C1.I. The molecule has 1 N–H and O–H groups in total. The average Bonchev–Trinajstić information content (AvgIpc) is 3.15. The van der Waals surface area contributed by atoms with Crippen molar-refractivity contribution in [3.05, 3.63) is 35.4 Å². The number of nitrogens with zero attached hydrogens (tertiary/aromatic N) is 3. The Kier molecular flexibility index (Phi) is 10.5. The minimum Gasteiger partial charge on any atom is -0.384 e. The number of hydrogen-bond acceptors (Lipinski definition) is 4. The largest absolute Gasteiger partial charge is 0.384 e. The van der Waals surface area contributed by atoms with Crippen molar-refractivity contribution in [1.29, 1.82) is 0 Å². The molecule has 2 aliphatic heterocycles.